The van der Waals surface area contributed by atoms with Crippen LogP contribution >= 0.6 is 23.2 Å². The number of hydrogen-bond donors (Lipinski definition) is 1. The normalized spacial score (nSPS) is 11.0. The number of carbonyl (C=O) groups is 1. The van der Waals surface area contributed by atoms with Crippen LogP contribution < -0.4 is 9.47 Å². The average molecular weight is 470 g/mol. The molecule has 2 aromatic heterocycles. The molecule has 0 unspecified atom stereocenters. The van der Waals surface area contributed by atoms with Crippen molar-refractivity contribution in [3.8, 4) is 17.0 Å². The molecule has 0 spiro atoms. The van der Waals surface area contributed by atoms with Gasteiger partial charge in [0.25, 0.3) is 0 Å². The van der Waals surface area contributed by atoms with Crippen molar-refractivity contribution in [3.05, 3.63) is 86.9 Å². The smallest absolute Gasteiger partial charge is 0.307 e. The van der Waals surface area contributed by atoms with Crippen LogP contribution in [-0.2, 0) is 17.6 Å². The van der Waals surface area contributed by atoms with Gasteiger partial charge in [-0.1, -0.05) is 41.4 Å². The largest absolute Gasteiger partial charge is 0.619 e. The van der Waals surface area contributed by atoms with Gasteiger partial charge in [-0.3, -0.25) is 4.79 Å². The number of carboxylic acid groups (broad SMARTS) is 1. The third-order valence-electron chi connectivity index (χ3n) is 5.02. The number of ether oxygens (including phenoxy) is 1. The Hall–Kier alpha value is -3.42. The van der Waals surface area contributed by atoms with Crippen molar-refractivity contribution < 1.29 is 19.4 Å². The molecule has 0 saturated carbocycles. The molecule has 9 heteroatoms. The molecule has 32 heavy (non-hydrogen) atoms. The first kappa shape index (κ1) is 21.8. The molecule has 0 bridgehead atoms. The Kier molecular flexibility index (Phi) is 6.12. The van der Waals surface area contributed by atoms with Crippen molar-refractivity contribution in [2.45, 2.75) is 12.8 Å². The summed E-state index contributed by atoms with van der Waals surface area (Å²) in [7, 11) is 1.57. The summed E-state index contributed by atoms with van der Waals surface area (Å²) in [4.78, 5) is 11.1. The molecule has 0 atom stereocenters. The van der Waals surface area contributed by atoms with Crippen molar-refractivity contribution in [2.75, 3.05) is 7.11 Å². The number of halogens is 2. The van der Waals surface area contributed by atoms with Gasteiger partial charge < -0.3 is 15.1 Å². The topological polar surface area (TPSA) is 99.3 Å². The van der Waals surface area contributed by atoms with Gasteiger partial charge in [0, 0.05) is 28.3 Å². The Balaban J connectivity index is 1.86. The maximum Gasteiger partial charge on any atom is 0.307 e. The SMILES string of the molecule is COc1ccc2c(Cc3c(Cl)c[n+]([O-])cc3Cl)nnc(-c3cccc(CC(=O)O)c3)c2c1. The number of benzene rings is 2. The summed E-state index contributed by atoms with van der Waals surface area (Å²) < 4.78 is 5.95. The maximum absolute atomic E-state index is 11.6. The number of fused-ring (bicyclic) bond motifs is 1. The summed E-state index contributed by atoms with van der Waals surface area (Å²) in [5.41, 5.74) is 3.19. The van der Waals surface area contributed by atoms with Gasteiger partial charge in [-0.15, -0.1) is 5.10 Å². The standard InChI is InChI=1S/C23H17Cl2N3O4/c1-32-15-5-6-16-17(9-15)23(14-4-2-3-13(7-14)8-22(29)30)27-26-21(16)10-18-19(24)11-28(31)12-20(18)25/h2-7,9,11-12H,8,10H2,1H3,(H,29,30). The van der Waals surface area contributed by atoms with E-state index in [1.807, 2.05) is 24.3 Å². The molecule has 0 amide bonds. The van der Waals surface area contributed by atoms with Crippen LogP contribution in [-0.4, -0.2) is 28.4 Å². The van der Waals surface area contributed by atoms with Crippen molar-refractivity contribution in [2.24, 2.45) is 0 Å². The molecular formula is C23H17Cl2N3O4. The molecule has 0 aliphatic rings. The quantitative estimate of drug-likeness (QED) is 0.330. The summed E-state index contributed by atoms with van der Waals surface area (Å²) >= 11 is 12.5. The van der Waals surface area contributed by atoms with Crippen LogP contribution in [0.25, 0.3) is 22.0 Å². The van der Waals surface area contributed by atoms with Crippen LogP contribution in [0, 0.1) is 5.21 Å². The highest BCUT2D eigenvalue weighted by Crippen LogP contribution is 2.33. The van der Waals surface area contributed by atoms with Crippen LogP contribution in [0.2, 0.25) is 10.0 Å². The summed E-state index contributed by atoms with van der Waals surface area (Å²) in [5.74, 6) is -0.270. The molecule has 0 aliphatic heterocycles. The zero-order chi connectivity index (χ0) is 22.8. The Labute approximate surface area is 193 Å². The van der Waals surface area contributed by atoms with E-state index in [1.165, 1.54) is 12.4 Å². The lowest BCUT2D eigenvalue weighted by molar-refractivity contribution is -0.605. The van der Waals surface area contributed by atoms with Crippen LogP contribution in [0.4, 0.5) is 0 Å². The van der Waals surface area contributed by atoms with Gasteiger partial charge in [-0.2, -0.15) is 9.83 Å². The fourth-order valence-electron chi connectivity index (χ4n) is 3.53. The molecule has 0 saturated heterocycles. The van der Waals surface area contributed by atoms with E-state index in [4.69, 9.17) is 33.0 Å². The lowest BCUT2D eigenvalue weighted by Crippen LogP contribution is -2.25. The highest BCUT2D eigenvalue weighted by molar-refractivity contribution is 6.35. The number of nitrogens with zero attached hydrogens (tertiary/aromatic N) is 3. The second-order valence-corrected chi connectivity index (χ2v) is 7.96. The fraction of sp³-hybridized carbons (Fsp3) is 0.130. The first-order valence-corrected chi connectivity index (χ1v) is 10.3. The molecular weight excluding hydrogens is 453 g/mol. The van der Waals surface area contributed by atoms with Gasteiger partial charge in [0.2, 0.25) is 0 Å². The van der Waals surface area contributed by atoms with Gasteiger partial charge >= 0.3 is 5.97 Å². The monoisotopic (exact) mass is 469 g/mol. The Morgan fingerprint density at radius 2 is 1.84 bits per heavy atom. The molecule has 7 nitrogen and oxygen atoms in total. The van der Waals surface area contributed by atoms with E-state index in [-0.39, 0.29) is 22.9 Å². The van der Waals surface area contributed by atoms with Crippen molar-refractivity contribution >= 4 is 39.9 Å². The molecule has 0 radical (unpaired) electrons. The Morgan fingerprint density at radius 3 is 2.53 bits per heavy atom. The Bertz CT molecular complexity index is 1320. The molecule has 4 aromatic rings. The molecule has 2 heterocycles. The zero-order valence-corrected chi connectivity index (χ0v) is 18.4. The number of pyridine rings is 1. The molecule has 2 aromatic carbocycles. The van der Waals surface area contributed by atoms with E-state index in [9.17, 15) is 10.0 Å². The van der Waals surface area contributed by atoms with Crippen molar-refractivity contribution in [1.29, 1.82) is 0 Å². The molecule has 1 N–H and O–H groups in total. The third-order valence-corrected chi connectivity index (χ3v) is 5.67. The first-order valence-electron chi connectivity index (χ1n) is 9.57. The minimum atomic E-state index is -0.911. The lowest BCUT2D eigenvalue weighted by atomic mass is 9.99. The van der Waals surface area contributed by atoms with E-state index >= 15 is 0 Å². The number of aliphatic carboxylic acids is 1. The van der Waals surface area contributed by atoms with E-state index in [0.717, 1.165) is 16.3 Å². The second kappa shape index (κ2) is 8.98. The Morgan fingerprint density at radius 1 is 1.09 bits per heavy atom. The predicted molar refractivity (Wildman–Crippen MR) is 121 cm³/mol. The number of rotatable bonds is 6. The molecule has 0 aliphatic carbocycles. The number of hydrogen-bond acceptors (Lipinski definition) is 5. The fourth-order valence-corrected chi connectivity index (χ4v) is 4.11. The van der Waals surface area contributed by atoms with Crippen LogP contribution in [0.1, 0.15) is 16.8 Å². The number of carboxylic acids is 1. The van der Waals surface area contributed by atoms with Gasteiger partial charge in [0.1, 0.15) is 21.5 Å². The number of methoxy groups -OCH3 is 1. The lowest BCUT2D eigenvalue weighted by Gasteiger charge is -2.13. The molecule has 0 fully saturated rings. The van der Waals surface area contributed by atoms with Crippen LogP contribution in [0.3, 0.4) is 0 Å². The average Bonchev–Trinajstić information content (AvgIpc) is 2.75. The van der Waals surface area contributed by atoms with Gasteiger partial charge in [0.05, 0.1) is 19.2 Å². The first-order chi connectivity index (χ1) is 15.4. The van der Waals surface area contributed by atoms with Gasteiger partial charge in [-0.05, 0) is 29.8 Å². The summed E-state index contributed by atoms with van der Waals surface area (Å²) in [6.45, 7) is 0. The second-order valence-electron chi connectivity index (χ2n) is 7.15. The van der Waals surface area contributed by atoms with Crippen LogP contribution in [0.5, 0.6) is 5.75 Å². The zero-order valence-electron chi connectivity index (χ0n) is 16.9. The highest BCUT2D eigenvalue weighted by Gasteiger charge is 2.18. The van der Waals surface area contributed by atoms with Crippen LogP contribution in [0.15, 0.2) is 54.9 Å². The van der Waals surface area contributed by atoms with E-state index < -0.39 is 5.97 Å². The van der Waals surface area contributed by atoms with E-state index in [0.29, 0.717) is 33.0 Å². The minimum Gasteiger partial charge on any atom is -0.619 e. The van der Waals surface area contributed by atoms with Gasteiger partial charge in [0.15, 0.2) is 12.4 Å². The predicted octanol–water partition coefficient (Wildman–Crippen LogP) is 4.46. The highest BCUT2D eigenvalue weighted by atomic mass is 35.5. The number of aromatic nitrogens is 3. The summed E-state index contributed by atoms with van der Waals surface area (Å²) in [5, 5.41) is 31.6. The van der Waals surface area contributed by atoms with E-state index in [2.05, 4.69) is 10.2 Å². The molecule has 162 valence electrons. The van der Waals surface area contributed by atoms with Crippen molar-refractivity contribution in [3.63, 3.8) is 0 Å². The van der Waals surface area contributed by atoms with Crippen molar-refractivity contribution in [1.82, 2.24) is 10.2 Å². The van der Waals surface area contributed by atoms with Gasteiger partial charge in [-0.25, -0.2) is 0 Å². The summed E-state index contributed by atoms with van der Waals surface area (Å²) in [6.07, 6.45) is 2.66. The maximum atomic E-state index is 11.6. The summed E-state index contributed by atoms with van der Waals surface area (Å²) in [6, 6.07) is 12.7. The third kappa shape index (κ3) is 4.44. The minimum absolute atomic E-state index is 0.0919. The van der Waals surface area contributed by atoms with E-state index in [1.54, 1.807) is 25.3 Å². The molecule has 4 rings (SSSR count).